The highest BCUT2D eigenvalue weighted by molar-refractivity contribution is 5.88. The van der Waals surface area contributed by atoms with Crippen molar-refractivity contribution in [3.8, 4) is 0 Å². The molecule has 0 saturated heterocycles. The van der Waals surface area contributed by atoms with E-state index in [9.17, 15) is 4.79 Å². The summed E-state index contributed by atoms with van der Waals surface area (Å²) in [4.78, 5) is 10.8. The Hall–Kier alpha value is -1.33. The molecule has 5 heteroatoms. The van der Waals surface area contributed by atoms with Crippen LogP contribution in [0.3, 0.4) is 0 Å². The van der Waals surface area contributed by atoms with E-state index in [0.29, 0.717) is 31.4 Å². The quantitative estimate of drug-likeness (QED) is 0.661. The molecule has 0 bridgehead atoms. The van der Waals surface area contributed by atoms with E-state index in [2.05, 4.69) is 19.2 Å². The maximum Gasteiger partial charge on any atom is 0.339 e. The zero-order valence-electron chi connectivity index (χ0n) is 10.9. The molecule has 18 heavy (non-hydrogen) atoms. The fourth-order valence-corrected chi connectivity index (χ4v) is 1.44. The van der Waals surface area contributed by atoms with Crippen LogP contribution in [0.1, 0.15) is 36.4 Å². The van der Waals surface area contributed by atoms with Gasteiger partial charge < -0.3 is 19.6 Å². The fraction of sp³-hybridized carbons (Fsp3) is 0.615. The fourth-order valence-electron chi connectivity index (χ4n) is 1.44. The van der Waals surface area contributed by atoms with Crippen molar-refractivity contribution < 1.29 is 19.1 Å². The highest BCUT2D eigenvalue weighted by atomic mass is 16.5. The summed E-state index contributed by atoms with van der Waals surface area (Å²) in [5, 5.41) is 12.0. The van der Waals surface area contributed by atoms with E-state index in [1.54, 1.807) is 0 Å². The van der Waals surface area contributed by atoms with Gasteiger partial charge in [-0.05, 0) is 18.4 Å². The molecule has 0 aromatic carbocycles. The average Bonchev–Trinajstić information content (AvgIpc) is 2.75. The molecule has 2 N–H and O–H groups in total. The summed E-state index contributed by atoms with van der Waals surface area (Å²) in [7, 11) is 0. The number of nitrogens with one attached hydrogen (secondary N) is 1. The second-order valence-corrected chi connectivity index (χ2v) is 4.53. The lowest BCUT2D eigenvalue weighted by atomic mass is 10.1. The predicted octanol–water partition coefficient (Wildman–Crippen LogP) is 2.13. The molecule has 1 heterocycles. The minimum absolute atomic E-state index is 0.211. The van der Waals surface area contributed by atoms with Crippen LogP contribution in [0.2, 0.25) is 0 Å². The van der Waals surface area contributed by atoms with Crippen molar-refractivity contribution >= 4 is 5.97 Å². The number of ether oxygens (including phenoxy) is 1. The number of hydrogen-bond acceptors (Lipinski definition) is 4. The van der Waals surface area contributed by atoms with E-state index in [0.717, 1.165) is 13.0 Å². The molecule has 0 atom stereocenters. The lowest BCUT2D eigenvalue weighted by Gasteiger charge is -2.07. The molecular formula is C13H21NO4. The first-order valence-corrected chi connectivity index (χ1v) is 6.19. The molecule has 0 aliphatic carbocycles. The predicted molar refractivity (Wildman–Crippen MR) is 67.6 cm³/mol. The van der Waals surface area contributed by atoms with Gasteiger partial charge in [-0.25, -0.2) is 4.79 Å². The topological polar surface area (TPSA) is 71.7 Å². The molecule has 5 nitrogen and oxygen atoms in total. The molecule has 0 amide bonds. The molecule has 0 saturated carbocycles. The van der Waals surface area contributed by atoms with Crippen molar-refractivity contribution in [2.45, 2.75) is 26.8 Å². The van der Waals surface area contributed by atoms with Crippen LogP contribution in [0.4, 0.5) is 0 Å². The van der Waals surface area contributed by atoms with Crippen LogP contribution >= 0.6 is 0 Å². The third-order valence-corrected chi connectivity index (χ3v) is 2.52. The van der Waals surface area contributed by atoms with Crippen molar-refractivity contribution in [1.82, 2.24) is 5.32 Å². The van der Waals surface area contributed by atoms with E-state index >= 15 is 0 Å². The van der Waals surface area contributed by atoms with Gasteiger partial charge in [-0.1, -0.05) is 13.8 Å². The second kappa shape index (κ2) is 7.89. The van der Waals surface area contributed by atoms with Crippen LogP contribution in [0.15, 0.2) is 16.7 Å². The molecule has 1 rings (SSSR count). The number of carbonyl (C=O) groups is 1. The Kier molecular flexibility index (Phi) is 6.46. The van der Waals surface area contributed by atoms with Gasteiger partial charge in [0.2, 0.25) is 0 Å². The summed E-state index contributed by atoms with van der Waals surface area (Å²) in [6.07, 6.45) is 2.45. The maximum atomic E-state index is 10.8. The number of furan rings is 1. The number of carboxylic acid groups (broad SMARTS) is 1. The Bertz CT molecular complexity index is 360. The van der Waals surface area contributed by atoms with Crippen LogP contribution in [0, 0.1) is 5.92 Å². The number of carboxylic acids is 1. The number of aromatic carboxylic acids is 1. The molecule has 102 valence electrons. The van der Waals surface area contributed by atoms with Crippen molar-refractivity contribution in [2.75, 3.05) is 19.8 Å². The first-order valence-electron chi connectivity index (χ1n) is 6.19. The van der Waals surface area contributed by atoms with Crippen molar-refractivity contribution in [2.24, 2.45) is 5.92 Å². The largest absolute Gasteiger partial charge is 0.478 e. The highest BCUT2D eigenvalue weighted by Crippen LogP contribution is 2.09. The van der Waals surface area contributed by atoms with E-state index in [4.69, 9.17) is 14.3 Å². The van der Waals surface area contributed by atoms with Crippen LogP contribution in [-0.2, 0) is 11.3 Å². The van der Waals surface area contributed by atoms with E-state index < -0.39 is 5.97 Å². The van der Waals surface area contributed by atoms with Crippen molar-refractivity contribution in [1.29, 1.82) is 0 Å². The summed E-state index contributed by atoms with van der Waals surface area (Å²) in [6.45, 7) is 6.79. The molecule has 0 aliphatic rings. The third kappa shape index (κ3) is 5.33. The van der Waals surface area contributed by atoms with Gasteiger partial charge in [0, 0.05) is 13.2 Å². The average molecular weight is 255 g/mol. The van der Waals surface area contributed by atoms with Crippen LogP contribution in [0.25, 0.3) is 0 Å². The standard InChI is InChI=1S/C13H21NO4/c1-10(2)3-6-17-8-5-14-9-12-11(13(15)16)4-7-18-12/h4,7,10,14H,3,5-6,8-9H2,1-2H3,(H,15,16). The van der Waals surface area contributed by atoms with Crippen LogP contribution in [-0.4, -0.2) is 30.8 Å². The van der Waals surface area contributed by atoms with Crippen molar-refractivity contribution in [3.63, 3.8) is 0 Å². The number of rotatable bonds is 9. The van der Waals surface area contributed by atoms with Crippen LogP contribution < -0.4 is 5.32 Å². The Morgan fingerprint density at radius 2 is 2.28 bits per heavy atom. The minimum Gasteiger partial charge on any atom is -0.478 e. The summed E-state index contributed by atoms with van der Waals surface area (Å²) in [5.74, 6) is 0.137. The third-order valence-electron chi connectivity index (χ3n) is 2.52. The molecule has 0 aliphatic heterocycles. The molecule has 0 radical (unpaired) electrons. The van der Waals surface area contributed by atoms with E-state index in [1.165, 1.54) is 12.3 Å². The zero-order valence-corrected chi connectivity index (χ0v) is 10.9. The van der Waals surface area contributed by atoms with Gasteiger partial charge >= 0.3 is 5.97 Å². The van der Waals surface area contributed by atoms with Crippen LogP contribution in [0.5, 0.6) is 0 Å². The molecular weight excluding hydrogens is 234 g/mol. The Balaban J connectivity index is 2.11. The monoisotopic (exact) mass is 255 g/mol. The molecule has 1 aromatic heterocycles. The molecule has 0 unspecified atom stereocenters. The van der Waals surface area contributed by atoms with Gasteiger partial charge in [0.25, 0.3) is 0 Å². The van der Waals surface area contributed by atoms with Gasteiger partial charge in [0.05, 0.1) is 19.4 Å². The van der Waals surface area contributed by atoms with E-state index in [-0.39, 0.29) is 5.56 Å². The Morgan fingerprint density at radius 3 is 2.94 bits per heavy atom. The maximum absolute atomic E-state index is 10.8. The van der Waals surface area contributed by atoms with Gasteiger partial charge in [0.1, 0.15) is 11.3 Å². The summed E-state index contributed by atoms with van der Waals surface area (Å²) in [6, 6.07) is 1.46. The first-order chi connectivity index (χ1) is 8.61. The number of hydrogen-bond donors (Lipinski definition) is 2. The summed E-state index contributed by atoms with van der Waals surface area (Å²) in [5.41, 5.74) is 0.211. The SMILES string of the molecule is CC(C)CCOCCNCc1occc1C(=O)O. The van der Waals surface area contributed by atoms with Gasteiger partial charge in [-0.2, -0.15) is 0 Å². The summed E-state index contributed by atoms with van der Waals surface area (Å²) >= 11 is 0. The molecule has 0 spiro atoms. The Morgan fingerprint density at radius 1 is 1.50 bits per heavy atom. The van der Waals surface area contributed by atoms with Gasteiger partial charge in [0.15, 0.2) is 0 Å². The first kappa shape index (κ1) is 14.7. The van der Waals surface area contributed by atoms with E-state index in [1.807, 2.05) is 0 Å². The second-order valence-electron chi connectivity index (χ2n) is 4.53. The van der Waals surface area contributed by atoms with Gasteiger partial charge in [-0.3, -0.25) is 0 Å². The minimum atomic E-state index is -0.964. The Labute approximate surface area is 107 Å². The summed E-state index contributed by atoms with van der Waals surface area (Å²) < 4.78 is 10.5. The highest BCUT2D eigenvalue weighted by Gasteiger charge is 2.12. The zero-order chi connectivity index (χ0) is 13.4. The van der Waals surface area contributed by atoms with Gasteiger partial charge in [-0.15, -0.1) is 0 Å². The lowest BCUT2D eigenvalue weighted by molar-refractivity contribution is 0.0694. The molecule has 1 aromatic rings. The van der Waals surface area contributed by atoms with Crippen molar-refractivity contribution in [3.05, 3.63) is 23.7 Å². The lowest BCUT2D eigenvalue weighted by Crippen LogP contribution is -2.20. The normalized spacial score (nSPS) is 11.1. The molecule has 0 fully saturated rings. The smallest absolute Gasteiger partial charge is 0.339 e.